The van der Waals surface area contributed by atoms with E-state index in [0.29, 0.717) is 28.5 Å². The molecule has 0 aliphatic heterocycles. The number of nitrogens with two attached hydrogens (primary N) is 1. The zero-order valence-corrected chi connectivity index (χ0v) is 12.7. The summed E-state index contributed by atoms with van der Waals surface area (Å²) in [5.74, 6) is 0.518. The Morgan fingerprint density at radius 2 is 1.90 bits per heavy atom. The molecular formula is C15H11BrFN3O. The van der Waals surface area contributed by atoms with Crippen molar-refractivity contribution in [3.8, 4) is 22.8 Å². The number of halogens is 2. The van der Waals surface area contributed by atoms with Gasteiger partial charge in [0, 0.05) is 21.3 Å². The molecule has 21 heavy (non-hydrogen) atoms. The number of benzene rings is 2. The number of nitrogens with zero attached hydrogens (tertiary/aromatic N) is 2. The lowest BCUT2D eigenvalue weighted by atomic mass is 10.1. The maximum absolute atomic E-state index is 13.3. The Morgan fingerprint density at radius 1 is 1.14 bits per heavy atom. The highest BCUT2D eigenvalue weighted by Crippen LogP contribution is 2.28. The summed E-state index contributed by atoms with van der Waals surface area (Å²) in [4.78, 5) is 4.32. The van der Waals surface area contributed by atoms with Gasteiger partial charge in [0.05, 0.1) is 0 Å². The molecule has 0 saturated heterocycles. The number of aryl methyl sites for hydroxylation is 1. The topological polar surface area (TPSA) is 64.9 Å². The molecule has 3 aromatic rings. The molecule has 0 atom stereocenters. The largest absolute Gasteiger partial charge is 0.398 e. The van der Waals surface area contributed by atoms with E-state index < -0.39 is 0 Å². The minimum atomic E-state index is -0.261. The number of anilines is 1. The highest BCUT2D eigenvalue weighted by Gasteiger charge is 2.12. The van der Waals surface area contributed by atoms with Gasteiger partial charge >= 0.3 is 0 Å². The molecule has 1 heterocycles. The van der Waals surface area contributed by atoms with Crippen LogP contribution in [-0.2, 0) is 0 Å². The van der Waals surface area contributed by atoms with E-state index in [2.05, 4.69) is 26.1 Å². The van der Waals surface area contributed by atoms with E-state index in [0.717, 1.165) is 10.0 Å². The third kappa shape index (κ3) is 2.67. The minimum absolute atomic E-state index is 0.261. The van der Waals surface area contributed by atoms with E-state index in [1.165, 1.54) is 6.07 Å². The van der Waals surface area contributed by atoms with Crippen LogP contribution in [0.5, 0.6) is 0 Å². The van der Waals surface area contributed by atoms with Crippen molar-refractivity contribution in [1.82, 2.24) is 10.1 Å². The van der Waals surface area contributed by atoms with E-state index >= 15 is 0 Å². The molecule has 0 bridgehead atoms. The lowest BCUT2D eigenvalue weighted by Gasteiger charge is -1.99. The van der Waals surface area contributed by atoms with Gasteiger partial charge in [0.2, 0.25) is 5.82 Å². The second kappa shape index (κ2) is 5.29. The fourth-order valence-electron chi connectivity index (χ4n) is 1.92. The molecule has 4 nitrogen and oxygen atoms in total. The van der Waals surface area contributed by atoms with Crippen LogP contribution < -0.4 is 5.73 Å². The molecule has 1 aromatic heterocycles. The SMILES string of the molecule is Cc1cc(-c2noc(-c3ccc(Br)c(N)c3)n2)ccc1F. The van der Waals surface area contributed by atoms with Gasteiger partial charge in [-0.15, -0.1) is 0 Å². The molecule has 0 fully saturated rings. The number of aromatic nitrogens is 2. The fraction of sp³-hybridized carbons (Fsp3) is 0.0667. The quantitative estimate of drug-likeness (QED) is 0.705. The predicted octanol–water partition coefficient (Wildman–Crippen LogP) is 4.20. The minimum Gasteiger partial charge on any atom is -0.398 e. The highest BCUT2D eigenvalue weighted by molar-refractivity contribution is 9.10. The maximum atomic E-state index is 13.3. The van der Waals surface area contributed by atoms with E-state index in [1.54, 1.807) is 25.1 Å². The number of nitrogen functional groups attached to an aromatic ring is 1. The first kappa shape index (κ1) is 13.8. The van der Waals surface area contributed by atoms with Crippen LogP contribution in [0.4, 0.5) is 10.1 Å². The number of hydrogen-bond acceptors (Lipinski definition) is 4. The van der Waals surface area contributed by atoms with Crippen molar-refractivity contribution in [3.63, 3.8) is 0 Å². The summed E-state index contributed by atoms with van der Waals surface area (Å²) < 4.78 is 19.3. The molecule has 0 aliphatic carbocycles. The van der Waals surface area contributed by atoms with Crippen molar-refractivity contribution >= 4 is 21.6 Å². The van der Waals surface area contributed by atoms with Gasteiger partial charge in [0.15, 0.2) is 0 Å². The zero-order valence-electron chi connectivity index (χ0n) is 11.1. The van der Waals surface area contributed by atoms with Crippen molar-refractivity contribution in [3.05, 3.63) is 52.3 Å². The second-order valence-corrected chi connectivity index (χ2v) is 5.48. The van der Waals surface area contributed by atoms with Crippen molar-refractivity contribution in [1.29, 1.82) is 0 Å². The summed E-state index contributed by atoms with van der Waals surface area (Å²) >= 11 is 3.33. The molecule has 0 saturated carbocycles. The second-order valence-electron chi connectivity index (χ2n) is 4.62. The van der Waals surface area contributed by atoms with Gasteiger partial charge in [-0.1, -0.05) is 5.16 Å². The van der Waals surface area contributed by atoms with Crippen LogP contribution in [0.25, 0.3) is 22.8 Å². The summed E-state index contributed by atoms with van der Waals surface area (Å²) in [6.07, 6.45) is 0. The Balaban J connectivity index is 1.99. The van der Waals surface area contributed by atoms with Gasteiger partial charge in [-0.3, -0.25) is 0 Å². The molecule has 0 spiro atoms. The zero-order chi connectivity index (χ0) is 15.0. The third-order valence-corrected chi connectivity index (χ3v) is 3.81. The predicted molar refractivity (Wildman–Crippen MR) is 82.0 cm³/mol. The molecule has 6 heteroatoms. The molecule has 2 aromatic carbocycles. The monoisotopic (exact) mass is 347 g/mol. The van der Waals surface area contributed by atoms with Crippen LogP contribution in [0.1, 0.15) is 5.56 Å². The van der Waals surface area contributed by atoms with E-state index in [9.17, 15) is 4.39 Å². The number of rotatable bonds is 2. The summed E-state index contributed by atoms with van der Waals surface area (Å²) in [6.45, 7) is 1.69. The van der Waals surface area contributed by atoms with Crippen LogP contribution in [0, 0.1) is 12.7 Å². The van der Waals surface area contributed by atoms with Gasteiger partial charge in [-0.25, -0.2) is 4.39 Å². The first-order valence-corrected chi connectivity index (χ1v) is 6.99. The van der Waals surface area contributed by atoms with Crippen LogP contribution in [0.2, 0.25) is 0 Å². The standard InChI is InChI=1S/C15H11BrFN3O/c1-8-6-9(3-5-12(8)17)14-19-15(21-20-14)10-2-4-11(16)13(18)7-10/h2-7H,18H2,1H3. The van der Waals surface area contributed by atoms with E-state index in [4.69, 9.17) is 10.3 Å². The van der Waals surface area contributed by atoms with Gasteiger partial charge in [-0.05, 0) is 64.8 Å². The van der Waals surface area contributed by atoms with Crippen LogP contribution >= 0.6 is 15.9 Å². The van der Waals surface area contributed by atoms with Crippen molar-refractivity contribution < 1.29 is 8.91 Å². The Hall–Kier alpha value is -2.21. The third-order valence-electron chi connectivity index (χ3n) is 3.09. The summed E-state index contributed by atoms with van der Waals surface area (Å²) in [5.41, 5.74) is 8.39. The molecule has 0 aliphatic rings. The normalized spacial score (nSPS) is 10.8. The van der Waals surface area contributed by atoms with Crippen LogP contribution in [0.15, 0.2) is 45.4 Å². The van der Waals surface area contributed by atoms with Gasteiger partial charge < -0.3 is 10.3 Å². The van der Waals surface area contributed by atoms with Gasteiger partial charge in [-0.2, -0.15) is 4.98 Å². The van der Waals surface area contributed by atoms with Gasteiger partial charge in [0.25, 0.3) is 5.89 Å². The van der Waals surface area contributed by atoms with Crippen LogP contribution in [0.3, 0.4) is 0 Å². The van der Waals surface area contributed by atoms with Gasteiger partial charge in [0.1, 0.15) is 5.82 Å². The maximum Gasteiger partial charge on any atom is 0.258 e. The average Bonchev–Trinajstić information content (AvgIpc) is 2.94. The summed E-state index contributed by atoms with van der Waals surface area (Å²) in [5, 5.41) is 3.92. The Bertz CT molecular complexity index is 750. The Morgan fingerprint density at radius 3 is 2.62 bits per heavy atom. The molecule has 0 amide bonds. The highest BCUT2D eigenvalue weighted by atomic mass is 79.9. The first-order chi connectivity index (χ1) is 10.0. The molecule has 0 radical (unpaired) electrons. The summed E-state index contributed by atoms with van der Waals surface area (Å²) in [6, 6.07) is 10.1. The molecular weight excluding hydrogens is 337 g/mol. The van der Waals surface area contributed by atoms with E-state index in [1.807, 2.05) is 12.1 Å². The summed E-state index contributed by atoms with van der Waals surface area (Å²) in [7, 11) is 0. The Kier molecular flexibility index (Phi) is 3.47. The van der Waals surface area contributed by atoms with Crippen LogP contribution in [-0.4, -0.2) is 10.1 Å². The Labute approximate surface area is 128 Å². The molecule has 0 unspecified atom stereocenters. The molecule has 2 N–H and O–H groups in total. The molecule has 106 valence electrons. The van der Waals surface area contributed by atoms with Crippen molar-refractivity contribution in [2.24, 2.45) is 0 Å². The average molecular weight is 348 g/mol. The molecule has 3 rings (SSSR count). The fourth-order valence-corrected chi connectivity index (χ4v) is 2.17. The van der Waals surface area contributed by atoms with E-state index in [-0.39, 0.29) is 5.82 Å². The number of hydrogen-bond donors (Lipinski definition) is 1. The lowest BCUT2D eigenvalue weighted by molar-refractivity contribution is 0.432. The van der Waals surface area contributed by atoms with Crippen molar-refractivity contribution in [2.75, 3.05) is 5.73 Å². The van der Waals surface area contributed by atoms with Crippen molar-refractivity contribution in [2.45, 2.75) is 6.92 Å². The first-order valence-electron chi connectivity index (χ1n) is 6.20. The smallest absolute Gasteiger partial charge is 0.258 e. The lowest BCUT2D eigenvalue weighted by Crippen LogP contribution is -1.88.